The molecule has 7 nitrogen and oxygen atoms in total. The van der Waals surface area contributed by atoms with Crippen LogP contribution in [0.2, 0.25) is 5.02 Å². The Labute approximate surface area is 214 Å². The third kappa shape index (κ3) is 4.91. The van der Waals surface area contributed by atoms with Crippen molar-refractivity contribution in [2.75, 3.05) is 31.3 Å². The standard InChI is InChI=1S/C22H24ClF2NO6S2.ClH/c23-14-1-3-15(4-2-14)34(29,30)22-8-10-31-19(7-11-33(27,28)12-9-26)16(22)13-32-21-18(25)6-5-17(24)20(21)22;/h1-6,16,19H,7-13,26H2;1H/t16-,19-,22-;/m0./s1. The van der Waals surface area contributed by atoms with Crippen LogP contribution in [0.5, 0.6) is 5.75 Å². The maximum atomic E-state index is 15.3. The molecule has 35 heavy (non-hydrogen) atoms. The second kappa shape index (κ2) is 10.5. The topological polar surface area (TPSA) is 113 Å². The van der Waals surface area contributed by atoms with Crippen molar-refractivity contribution in [2.45, 2.75) is 28.6 Å². The number of halogens is 4. The molecule has 2 heterocycles. The minimum atomic E-state index is -4.34. The van der Waals surface area contributed by atoms with E-state index in [2.05, 4.69) is 0 Å². The molecule has 2 N–H and O–H groups in total. The van der Waals surface area contributed by atoms with Crippen LogP contribution in [0.15, 0.2) is 41.3 Å². The van der Waals surface area contributed by atoms with Crippen molar-refractivity contribution in [3.63, 3.8) is 0 Å². The molecule has 4 rings (SSSR count). The normalized spacial score (nSPS) is 24.0. The number of hydrogen-bond donors (Lipinski definition) is 1. The summed E-state index contributed by atoms with van der Waals surface area (Å²) in [5, 5.41) is 0.313. The lowest BCUT2D eigenvalue weighted by atomic mass is 9.75. The molecular formula is C22H25Cl2F2NO6S2. The summed E-state index contributed by atoms with van der Waals surface area (Å²) in [5.74, 6) is -3.76. The van der Waals surface area contributed by atoms with Gasteiger partial charge in [-0.2, -0.15) is 0 Å². The lowest BCUT2D eigenvalue weighted by molar-refractivity contribution is -0.0732. The smallest absolute Gasteiger partial charge is 0.189 e. The number of rotatable bonds is 7. The summed E-state index contributed by atoms with van der Waals surface area (Å²) < 4.78 is 92.2. The minimum absolute atomic E-state index is 0. The van der Waals surface area contributed by atoms with Crippen LogP contribution in [-0.4, -0.2) is 54.2 Å². The third-order valence-corrected chi connectivity index (χ3v) is 11.0. The van der Waals surface area contributed by atoms with Crippen LogP contribution in [0, 0.1) is 17.6 Å². The molecule has 0 saturated carbocycles. The Bertz CT molecular complexity index is 1290. The van der Waals surface area contributed by atoms with Crippen molar-refractivity contribution in [1.82, 2.24) is 0 Å². The monoisotopic (exact) mass is 571 g/mol. The van der Waals surface area contributed by atoms with Gasteiger partial charge in [0.2, 0.25) is 0 Å². The van der Waals surface area contributed by atoms with Crippen LogP contribution in [0.1, 0.15) is 18.4 Å². The highest BCUT2D eigenvalue weighted by molar-refractivity contribution is 7.92. The summed E-state index contributed by atoms with van der Waals surface area (Å²) in [4.78, 5) is -0.116. The number of hydrogen-bond acceptors (Lipinski definition) is 7. The van der Waals surface area contributed by atoms with Crippen LogP contribution in [0.3, 0.4) is 0 Å². The Morgan fingerprint density at radius 2 is 1.69 bits per heavy atom. The van der Waals surface area contributed by atoms with Gasteiger partial charge in [-0.25, -0.2) is 25.6 Å². The Balaban J connectivity index is 0.00000342. The molecule has 1 fully saturated rings. The van der Waals surface area contributed by atoms with Crippen LogP contribution >= 0.6 is 24.0 Å². The van der Waals surface area contributed by atoms with Crippen molar-refractivity contribution in [1.29, 1.82) is 0 Å². The highest BCUT2D eigenvalue weighted by Crippen LogP contribution is 2.55. The van der Waals surface area contributed by atoms with Crippen molar-refractivity contribution in [3.8, 4) is 5.75 Å². The van der Waals surface area contributed by atoms with Gasteiger partial charge in [-0.05, 0) is 49.2 Å². The van der Waals surface area contributed by atoms with E-state index in [1.165, 1.54) is 24.3 Å². The highest BCUT2D eigenvalue weighted by Gasteiger charge is 2.61. The largest absolute Gasteiger partial charge is 0.490 e. The summed E-state index contributed by atoms with van der Waals surface area (Å²) in [6.45, 7) is -0.435. The predicted molar refractivity (Wildman–Crippen MR) is 130 cm³/mol. The Morgan fingerprint density at radius 3 is 2.34 bits per heavy atom. The molecule has 0 bridgehead atoms. The van der Waals surface area contributed by atoms with Crippen LogP contribution in [0.25, 0.3) is 0 Å². The summed E-state index contributed by atoms with van der Waals surface area (Å²) in [6.07, 6.45) is -1.09. The maximum Gasteiger partial charge on any atom is 0.189 e. The van der Waals surface area contributed by atoms with Gasteiger partial charge in [0.25, 0.3) is 0 Å². The lowest BCUT2D eigenvalue weighted by Gasteiger charge is -2.50. The first-order valence-electron chi connectivity index (χ1n) is 10.7. The fourth-order valence-corrected chi connectivity index (χ4v) is 8.54. The quantitative estimate of drug-likeness (QED) is 0.542. The van der Waals surface area contributed by atoms with Gasteiger partial charge in [0.1, 0.15) is 10.6 Å². The van der Waals surface area contributed by atoms with Crippen molar-refractivity contribution in [2.24, 2.45) is 11.7 Å². The van der Waals surface area contributed by atoms with Gasteiger partial charge in [0.15, 0.2) is 31.2 Å². The van der Waals surface area contributed by atoms with Crippen LogP contribution < -0.4 is 10.5 Å². The second-order valence-electron chi connectivity index (χ2n) is 8.39. The molecule has 194 valence electrons. The van der Waals surface area contributed by atoms with E-state index in [-0.39, 0.29) is 61.4 Å². The molecule has 0 aromatic heterocycles. The molecule has 2 aromatic carbocycles. The van der Waals surface area contributed by atoms with Crippen LogP contribution in [0.4, 0.5) is 8.78 Å². The van der Waals surface area contributed by atoms with E-state index < -0.39 is 59.4 Å². The van der Waals surface area contributed by atoms with Crippen molar-refractivity contribution in [3.05, 3.63) is 58.6 Å². The maximum absolute atomic E-state index is 15.3. The molecule has 0 unspecified atom stereocenters. The van der Waals surface area contributed by atoms with Gasteiger partial charge in [0, 0.05) is 24.1 Å². The van der Waals surface area contributed by atoms with Gasteiger partial charge >= 0.3 is 0 Å². The highest BCUT2D eigenvalue weighted by atomic mass is 35.5. The van der Waals surface area contributed by atoms with E-state index in [9.17, 15) is 21.2 Å². The first kappa shape index (κ1) is 28.1. The molecule has 2 aliphatic rings. The Morgan fingerprint density at radius 1 is 1.03 bits per heavy atom. The number of nitrogens with two attached hydrogens (primary N) is 1. The molecule has 2 aromatic rings. The molecule has 0 aliphatic carbocycles. The molecule has 0 radical (unpaired) electrons. The molecule has 0 spiro atoms. The van der Waals surface area contributed by atoms with E-state index in [0.29, 0.717) is 5.02 Å². The molecule has 1 saturated heterocycles. The average Bonchev–Trinajstić information content (AvgIpc) is 2.79. The first-order valence-corrected chi connectivity index (χ1v) is 14.4. The Hall–Kier alpha value is -1.50. The summed E-state index contributed by atoms with van der Waals surface area (Å²) >= 11 is 5.93. The summed E-state index contributed by atoms with van der Waals surface area (Å²) in [7, 11) is -7.85. The van der Waals surface area contributed by atoms with Crippen LogP contribution in [-0.2, 0) is 29.2 Å². The summed E-state index contributed by atoms with van der Waals surface area (Å²) in [5.41, 5.74) is 4.98. The molecular weight excluding hydrogens is 547 g/mol. The average molecular weight is 572 g/mol. The zero-order valence-corrected chi connectivity index (χ0v) is 21.7. The zero-order valence-electron chi connectivity index (χ0n) is 18.5. The van der Waals surface area contributed by atoms with Gasteiger partial charge in [0.05, 0.1) is 34.7 Å². The number of fused-ring (bicyclic) bond motifs is 3. The molecule has 3 atom stereocenters. The van der Waals surface area contributed by atoms with E-state index in [0.717, 1.165) is 12.1 Å². The number of ether oxygens (including phenoxy) is 2. The summed E-state index contributed by atoms with van der Waals surface area (Å²) in [6, 6.07) is 7.18. The SMILES string of the molecule is Cl.NCCS(=O)(=O)CC[C@@H]1OCC[C@@]2(S(=O)(=O)c3ccc(Cl)cc3)c3c(F)ccc(F)c3OC[C@@H]12. The second-order valence-corrected chi connectivity index (χ2v) is 13.3. The van der Waals surface area contributed by atoms with E-state index in [1.54, 1.807) is 0 Å². The molecule has 2 aliphatic heterocycles. The van der Waals surface area contributed by atoms with Crippen molar-refractivity contribution < 1.29 is 35.1 Å². The third-order valence-electron chi connectivity index (χ3n) is 6.49. The zero-order chi connectivity index (χ0) is 24.7. The van der Waals surface area contributed by atoms with Crippen molar-refractivity contribution >= 4 is 43.7 Å². The fraction of sp³-hybridized carbons (Fsp3) is 0.455. The lowest BCUT2D eigenvalue weighted by Crippen LogP contribution is -2.57. The van der Waals surface area contributed by atoms with E-state index >= 15 is 4.39 Å². The van der Waals surface area contributed by atoms with E-state index in [1.807, 2.05) is 0 Å². The van der Waals surface area contributed by atoms with Gasteiger partial charge in [-0.15, -0.1) is 12.4 Å². The molecule has 0 amide bonds. The molecule has 13 heteroatoms. The first-order chi connectivity index (χ1) is 16.0. The van der Waals surface area contributed by atoms with Gasteiger partial charge < -0.3 is 15.2 Å². The van der Waals surface area contributed by atoms with Gasteiger partial charge in [-0.1, -0.05) is 11.6 Å². The minimum Gasteiger partial charge on any atom is -0.490 e. The number of sulfone groups is 2. The van der Waals surface area contributed by atoms with Gasteiger partial charge in [-0.3, -0.25) is 0 Å². The Kier molecular flexibility index (Phi) is 8.40. The van der Waals surface area contributed by atoms with E-state index in [4.69, 9.17) is 26.8 Å². The number of benzene rings is 2. The fourth-order valence-electron chi connectivity index (χ4n) is 4.91. The predicted octanol–water partition coefficient (Wildman–Crippen LogP) is 3.27.